The first-order chi connectivity index (χ1) is 15.1. The SMILES string of the molecule is O=C(CCc1nnc(-c2ccccc2)o1)Nc1cc(Cl)ccc1Oc1ccc(Cl)cc1. The van der Waals surface area contributed by atoms with Gasteiger partial charge in [-0.25, -0.2) is 0 Å². The van der Waals surface area contributed by atoms with E-state index in [1.807, 2.05) is 30.3 Å². The number of halogens is 2. The van der Waals surface area contributed by atoms with Crippen LogP contribution in [0.1, 0.15) is 12.3 Å². The second-order valence-corrected chi connectivity index (χ2v) is 7.48. The van der Waals surface area contributed by atoms with Gasteiger partial charge in [-0.3, -0.25) is 4.79 Å². The van der Waals surface area contributed by atoms with Crippen molar-refractivity contribution >= 4 is 34.8 Å². The number of hydrogen-bond acceptors (Lipinski definition) is 5. The molecule has 1 heterocycles. The molecule has 4 rings (SSSR count). The summed E-state index contributed by atoms with van der Waals surface area (Å²) in [7, 11) is 0. The van der Waals surface area contributed by atoms with Crippen LogP contribution in [0.3, 0.4) is 0 Å². The van der Waals surface area contributed by atoms with Gasteiger partial charge in [0, 0.05) is 28.5 Å². The Hall–Kier alpha value is -3.35. The Morgan fingerprint density at radius 2 is 1.68 bits per heavy atom. The van der Waals surface area contributed by atoms with Crippen molar-refractivity contribution in [1.29, 1.82) is 0 Å². The van der Waals surface area contributed by atoms with Gasteiger partial charge < -0.3 is 14.5 Å². The standard InChI is InChI=1S/C23H17Cl2N3O3/c24-16-6-9-18(10-7-16)30-20-11-8-17(25)14-19(20)26-21(29)12-13-22-27-28-23(31-22)15-4-2-1-3-5-15/h1-11,14H,12-13H2,(H,26,29). The molecule has 0 atom stereocenters. The number of carbonyl (C=O) groups excluding carboxylic acids is 1. The number of aryl methyl sites for hydroxylation is 1. The van der Waals surface area contributed by atoms with Crippen LogP contribution in [0.25, 0.3) is 11.5 Å². The lowest BCUT2D eigenvalue weighted by Crippen LogP contribution is -2.13. The predicted molar refractivity (Wildman–Crippen MR) is 120 cm³/mol. The van der Waals surface area contributed by atoms with Crippen molar-refractivity contribution in [3.8, 4) is 23.0 Å². The van der Waals surface area contributed by atoms with E-state index in [1.54, 1.807) is 42.5 Å². The Morgan fingerprint density at radius 3 is 2.45 bits per heavy atom. The summed E-state index contributed by atoms with van der Waals surface area (Å²) in [6, 6.07) is 21.4. The van der Waals surface area contributed by atoms with E-state index in [9.17, 15) is 4.79 Å². The zero-order valence-corrected chi connectivity index (χ0v) is 17.7. The molecule has 0 aliphatic rings. The van der Waals surface area contributed by atoms with E-state index in [0.717, 1.165) is 5.56 Å². The van der Waals surface area contributed by atoms with E-state index in [4.69, 9.17) is 32.4 Å². The molecule has 0 unspecified atom stereocenters. The Kier molecular flexibility index (Phi) is 6.50. The lowest BCUT2D eigenvalue weighted by molar-refractivity contribution is -0.116. The van der Waals surface area contributed by atoms with E-state index < -0.39 is 0 Å². The quantitative estimate of drug-likeness (QED) is 0.349. The second-order valence-electron chi connectivity index (χ2n) is 6.61. The zero-order chi connectivity index (χ0) is 21.6. The number of carbonyl (C=O) groups is 1. The number of amides is 1. The Labute approximate surface area is 188 Å². The molecule has 0 saturated heterocycles. The van der Waals surface area contributed by atoms with Crippen molar-refractivity contribution in [2.75, 3.05) is 5.32 Å². The van der Waals surface area contributed by atoms with Crippen molar-refractivity contribution in [3.05, 3.63) is 88.7 Å². The van der Waals surface area contributed by atoms with E-state index in [1.165, 1.54) is 0 Å². The first-order valence-corrected chi connectivity index (χ1v) is 10.2. The molecule has 0 aliphatic carbocycles. The summed E-state index contributed by atoms with van der Waals surface area (Å²) >= 11 is 12.0. The molecule has 156 valence electrons. The van der Waals surface area contributed by atoms with E-state index >= 15 is 0 Å². The van der Waals surface area contributed by atoms with Crippen LogP contribution >= 0.6 is 23.2 Å². The summed E-state index contributed by atoms with van der Waals surface area (Å²) in [6.07, 6.45) is 0.461. The summed E-state index contributed by atoms with van der Waals surface area (Å²) in [5.74, 6) is 1.62. The molecule has 3 aromatic carbocycles. The van der Waals surface area contributed by atoms with Gasteiger partial charge in [0.15, 0.2) is 5.75 Å². The average molecular weight is 454 g/mol. The van der Waals surface area contributed by atoms with Crippen LogP contribution < -0.4 is 10.1 Å². The topological polar surface area (TPSA) is 77.2 Å². The van der Waals surface area contributed by atoms with E-state index in [0.29, 0.717) is 45.4 Å². The third kappa shape index (κ3) is 5.63. The normalized spacial score (nSPS) is 10.6. The maximum absolute atomic E-state index is 12.5. The number of benzene rings is 3. The van der Waals surface area contributed by atoms with Crippen molar-refractivity contribution in [2.45, 2.75) is 12.8 Å². The molecule has 31 heavy (non-hydrogen) atoms. The van der Waals surface area contributed by atoms with Crippen molar-refractivity contribution in [1.82, 2.24) is 10.2 Å². The number of nitrogens with one attached hydrogen (secondary N) is 1. The average Bonchev–Trinajstić information content (AvgIpc) is 3.25. The van der Waals surface area contributed by atoms with Gasteiger partial charge in [0.2, 0.25) is 17.7 Å². The third-order valence-electron chi connectivity index (χ3n) is 4.31. The van der Waals surface area contributed by atoms with Gasteiger partial charge in [-0.1, -0.05) is 41.4 Å². The highest BCUT2D eigenvalue weighted by atomic mass is 35.5. The monoisotopic (exact) mass is 453 g/mol. The van der Waals surface area contributed by atoms with Gasteiger partial charge in [-0.2, -0.15) is 0 Å². The fourth-order valence-corrected chi connectivity index (χ4v) is 3.10. The zero-order valence-electron chi connectivity index (χ0n) is 16.2. The molecule has 0 spiro atoms. The number of aromatic nitrogens is 2. The van der Waals surface area contributed by atoms with Gasteiger partial charge in [0.25, 0.3) is 0 Å². The molecule has 1 aromatic heterocycles. The van der Waals surface area contributed by atoms with Gasteiger partial charge in [-0.15, -0.1) is 10.2 Å². The molecular weight excluding hydrogens is 437 g/mol. The first kappa shape index (κ1) is 20.9. The van der Waals surface area contributed by atoms with Crippen LogP contribution in [-0.4, -0.2) is 16.1 Å². The lowest BCUT2D eigenvalue weighted by atomic mass is 10.2. The fraction of sp³-hybridized carbons (Fsp3) is 0.0870. The molecule has 0 radical (unpaired) electrons. The Balaban J connectivity index is 1.40. The molecule has 6 nitrogen and oxygen atoms in total. The van der Waals surface area contributed by atoms with Gasteiger partial charge >= 0.3 is 0 Å². The minimum absolute atomic E-state index is 0.156. The highest BCUT2D eigenvalue weighted by Crippen LogP contribution is 2.32. The van der Waals surface area contributed by atoms with Crippen molar-refractivity contribution in [3.63, 3.8) is 0 Å². The van der Waals surface area contributed by atoms with Crippen LogP contribution in [0.5, 0.6) is 11.5 Å². The van der Waals surface area contributed by atoms with Gasteiger partial charge in [-0.05, 0) is 54.6 Å². The molecular formula is C23H17Cl2N3O3. The largest absolute Gasteiger partial charge is 0.455 e. The summed E-state index contributed by atoms with van der Waals surface area (Å²) < 4.78 is 11.5. The highest BCUT2D eigenvalue weighted by Gasteiger charge is 2.13. The Morgan fingerprint density at radius 1 is 0.935 bits per heavy atom. The third-order valence-corrected chi connectivity index (χ3v) is 4.80. The fourth-order valence-electron chi connectivity index (χ4n) is 2.80. The number of hydrogen-bond donors (Lipinski definition) is 1. The Bertz CT molecular complexity index is 1180. The van der Waals surface area contributed by atoms with Crippen LogP contribution in [0.4, 0.5) is 5.69 Å². The summed E-state index contributed by atoms with van der Waals surface area (Å²) in [4.78, 5) is 12.5. The molecule has 4 aromatic rings. The number of rotatable bonds is 7. The molecule has 0 aliphatic heterocycles. The van der Waals surface area contributed by atoms with Gasteiger partial charge in [0.1, 0.15) is 5.75 Å². The second kappa shape index (κ2) is 9.64. The number of anilines is 1. The lowest BCUT2D eigenvalue weighted by Gasteiger charge is -2.12. The molecule has 0 saturated carbocycles. The van der Waals surface area contributed by atoms with Gasteiger partial charge in [0.05, 0.1) is 5.69 Å². The minimum Gasteiger partial charge on any atom is -0.455 e. The molecule has 1 N–H and O–H groups in total. The van der Waals surface area contributed by atoms with Crippen LogP contribution in [0.2, 0.25) is 10.0 Å². The van der Waals surface area contributed by atoms with Crippen molar-refractivity contribution < 1.29 is 13.9 Å². The number of ether oxygens (including phenoxy) is 1. The first-order valence-electron chi connectivity index (χ1n) is 9.47. The maximum atomic E-state index is 12.5. The van der Waals surface area contributed by atoms with Crippen LogP contribution in [0.15, 0.2) is 77.2 Å². The highest BCUT2D eigenvalue weighted by molar-refractivity contribution is 6.31. The summed E-state index contributed by atoms with van der Waals surface area (Å²) in [6.45, 7) is 0. The summed E-state index contributed by atoms with van der Waals surface area (Å²) in [5, 5.41) is 12.0. The minimum atomic E-state index is -0.234. The number of nitrogens with zero attached hydrogens (tertiary/aromatic N) is 2. The van der Waals surface area contributed by atoms with E-state index in [-0.39, 0.29) is 12.3 Å². The maximum Gasteiger partial charge on any atom is 0.247 e. The molecule has 1 amide bonds. The summed E-state index contributed by atoms with van der Waals surface area (Å²) in [5.41, 5.74) is 1.29. The van der Waals surface area contributed by atoms with Crippen LogP contribution in [0, 0.1) is 0 Å². The van der Waals surface area contributed by atoms with E-state index in [2.05, 4.69) is 15.5 Å². The smallest absolute Gasteiger partial charge is 0.247 e. The molecule has 8 heteroatoms. The van der Waals surface area contributed by atoms with Crippen LogP contribution in [-0.2, 0) is 11.2 Å². The molecule has 0 bridgehead atoms. The van der Waals surface area contributed by atoms with Crippen molar-refractivity contribution in [2.24, 2.45) is 0 Å². The molecule has 0 fully saturated rings. The predicted octanol–water partition coefficient (Wildman–Crippen LogP) is 6.41.